The van der Waals surface area contributed by atoms with Crippen molar-refractivity contribution in [2.24, 2.45) is 0 Å². The van der Waals surface area contributed by atoms with Crippen LogP contribution >= 0.6 is 0 Å². The van der Waals surface area contributed by atoms with Gasteiger partial charge in [0.25, 0.3) is 5.56 Å². The van der Waals surface area contributed by atoms with Gasteiger partial charge in [0.1, 0.15) is 5.75 Å². The Balaban J connectivity index is 1.82. The lowest BCUT2D eigenvalue weighted by atomic mass is 9.87. The Morgan fingerprint density at radius 1 is 1.24 bits per heavy atom. The van der Waals surface area contributed by atoms with Crippen LogP contribution in [0.2, 0.25) is 0 Å². The Kier molecular flexibility index (Phi) is 6.39. The number of aryl methyl sites for hydroxylation is 2. The molecule has 0 aliphatic carbocycles. The summed E-state index contributed by atoms with van der Waals surface area (Å²) in [5.41, 5.74) is 3.44. The number of H-pyrrole nitrogens is 2. The molecule has 0 fully saturated rings. The van der Waals surface area contributed by atoms with Crippen LogP contribution in [0, 0.1) is 6.92 Å². The molecule has 4 rings (SSSR count). The number of carbonyl (C=O) groups excluding carboxylic acids is 1. The van der Waals surface area contributed by atoms with E-state index < -0.39 is 11.9 Å². The van der Waals surface area contributed by atoms with Crippen molar-refractivity contribution in [3.63, 3.8) is 0 Å². The lowest BCUT2D eigenvalue weighted by molar-refractivity contribution is -0.140. The number of nitrogens with zero attached hydrogens (tertiary/aromatic N) is 3. The second-order valence-electron chi connectivity index (χ2n) is 7.77. The summed E-state index contributed by atoms with van der Waals surface area (Å²) in [6.45, 7) is 2.16. The summed E-state index contributed by atoms with van der Waals surface area (Å²) in [5.74, 6) is -1.41. The summed E-state index contributed by atoms with van der Waals surface area (Å²) < 4.78 is 6.50. The van der Waals surface area contributed by atoms with Crippen LogP contribution in [0.1, 0.15) is 34.9 Å². The fourth-order valence-corrected chi connectivity index (χ4v) is 4.04. The number of aromatic amines is 2. The highest BCUT2D eigenvalue weighted by Crippen LogP contribution is 2.37. The minimum absolute atomic E-state index is 0.123. The van der Waals surface area contributed by atoms with Crippen LogP contribution in [0.5, 0.6) is 5.75 Å². The number of hydrogen-bond donors (Lipinski definition) is 3. The third-order valence-corrected chi connectivity index (χ3v) is 5.74. The van der Waals surface area contributed by atoms with E-state index in [4.69, 9.17) is 4.74 Å². The van der Waals surface area contributed by atoms with Crippen LogP contribution in [-0.2, 0) is 22.5 Å². The zero-order chi connectivity index (χ0) is 23.4. The number of rotatable bonds is 8. The predicted octanol–water partition coefficient (Wildman–Crippen LogP) is 2.91. The lowest BCUT2D eigenvalue weighted by Gasteiger charge is -2.20. The highest BCUT2D eigenvalue weighted by atomic mass is 16.5. The summed E-state index contributed by atoms with van der Waals surface area (Å²) in [6.07, 6.45) is 5.32. The van der Waals surface area contributed by atoms with Crippen molar-refractivity contribution in [1.29, 1.82) is 0 Å². The average molecular weight is 447 g/mol. The van der Waals surface area contributed by atoms with Crippen LogP contribution in [-0.4, -0.2) is 42.9 Å². The highest BCUT2D eigenvalue weighted by molar-refractivity contribution is 5.73. The van der Waals surface area contributed by atoms with Crippen molar-refractivity contribution in [2.45, 2.75) is 32.2 Å². The van der Waals surface area contributed by atoms with E-state index in [2.05, 4.69) is 20.2 Å². The second-order valence-corrected chi connectivity index (χ2v) is 7.77. The van der Waals surface area contributed by atoms with Crippen molar-refractivity contribution in [3.05, 3.63) is 88.0 Å². The van der Waals surface area contributed by atoms with Crippen LogP contribution in [0.4, 0.5) is 0 Å². The van der Waals surface area contributed by atoms with E-state index in [0.29, 0.717) is 29.9 Å². The number of carbonyl (C=O) groups is 1. The number of benzene rings is 1. The molecule has 4 aromatic rings. The minimum atomic E-state index is -0.752. The summed E-state index contributed by atoms with van der Waals surface area (Å²) in [6, 6.07) is 11.0. The molecule has 3 heterocycles. The molecule has 170 valence electrons. The van der Waals surface area contributed by atoms with Gasteiger partial charge in [-0.15, -0.1) is 0 Å². The number of ether oxygens (including phenoxy) is 1. The first-order valence-corrected chi connectivity index (χ1v) is 10.6. The van der Waals surface area contributed by atoms with Crippen LogP contribution in [0.15, 0.2) is 59.9 Å². The Morgan fingerprint density at radius 2 is 2.03 bits per heavy atom. The number of aromatic hydroxyl groups is 1. The van der Waals surface area contributed by atoms with E-state index in [1.54, 1.807) is 36.3 Å². The summed E-state index contributed by atoms with van der Waals surface area (Å²) in [4.78, 5) is 33.0. The average Bonchev–Trinajstić information content (AvgIpc) is 3.50. The molecule has 33 heavy (non-hydrogen) atoms. The number of hydrogen-bond acceptors (Lipinski definition) is 6. The van der Waals surface area contributed by atoms with Crippen molar-refractivity contribution in [3.8, 4) is 17.0 Å². The zero-order valence-electron chi connectivity index (χ0n) is 18.4. The molecule has 9 nitrogen and oxygen atoms in total. The van der Waals surface area contributed by atoms with Crippen molar-refractivity contribution in [2.75, 3.05) is 7.11 Å². The summed E-state index contributed by atoms with van der Waals surface area (Å²) >= 11 is 0. The molecule has 0 bridgehead atoms. The Labute approximate surface area is 190 Å². The van der Waals surface area contributed by atoms with E-state index in [-0.39, 0.29) is 23.3 Å². The molecule has 0 unspecified atom stereocenters. The smallest absolute Gasteiger partial charge is 0.306 e. The third kappa shape index (κ3) is 4.57. The number of imidazole rings is 1. The maximum Gasteiger partial charge on any atom is 0.306 e. The van der Waals surface area contributed by atoms with Gasteiger partial charge in [0.15, 0.2) is 0 Å². The number of pyridine rings is 1. The van der Waals surface area contributed by atoms with E-state index in [9.17, 15) is 14.7 Å². The highest BCUT2D eigenvalue weighted by Gasteiger charge is 2.29. The van der Waals surface area contributed by atoms with Gasteiger partial charge in [0.2, 0.25) is 0 Å². The Bertz CT molecular complexity index is 1290. The molecular formula is C24H25N5O4. The molecule has 0 radical (unpaired) electrons. The van der Waals surface area contributed by atoms with Crippen molar-refractivity contribution < 1.29 is 14.6 Å². The second kappa shape index (κ2) is 9.56. The molecule has 1 aromatic carbocycles. The van der Waals surface area contributed by atoms with Crippen molar-refractivity contribution in [1.82, 2.24) is 24.7 Å². The van der Waals surface area contributed by atoms with Crippen LogP contribution < -0.4 is 5.56 Å². The van der Waals surface area contributed by atoms with E-state index in [1.807, 2.05) is 30.3 Å². The fraction of sp³-hybridized carbons (Fsp3) is 0.250. The molecule has 0 aliphatic rings. The molecule has 3 N–H and O–H groups in total. The normalized spacial score (nSPS) is 11.9. The zero-order valence-corrected chi connectivity index (χ0v) is 18.4. The van der Waals surface area contributed by atoms with E-state index in [0.717, 1.165) is 11.3 Å². The fourth-order valence-electron chi connectivity index (χ4n) is 4.04. The number of esters is 1. The molecule has 0 aliphatic heterocycles. The third-order valence-electron chi connectivity index (χ3n) is 5.74. The lowest BCUT2D eigenvalue weighted by Crippen LogP contribution is -2.29. The van der Waals surface area contributed by atoms with Crippen LogP contribution in [0.3, 0.4) is 0 Å². The van der Waals surface area contributed by atoms with E-state index in [1.165, 1.54) is 7.11 Å². The van der Waals surface area contributed by atoms with Gasteiger partial charge in [-0.3, -0.25) is 14.7 Å². The maximum atomic E-state index is 13.6. The monoisotopic (exact) mass is 447 g/mol. The summed E-state index contributed by atoms with van der Waals surface area (Å²) in [5, 5.41) is 18.0. The van der Waals surface area contributed by atoms with Crippen LogP contribution in [0.25, 0.3) is 11.3 Å². The minimum Gasteiger partial charge on any atom is -0.507 e. The molecule has 0 spiro atoms. The quantitative estimate of drug-likeness (QED) is 0.357. The molecule has 3 aromatic heterocycles. The number of nitrogens with one attached hydrogen (secondary N) is 2. The van der Waals surface area contributed by atoms with E-state index >= 15 is 0 Å². The van der Waals surface area contributed by atoms with Gasteiger partial charge < -0.3 is 19.4 Å². The first-order chi connectivity index (χ1) is 16.0. The van der Waals surface area contributed by atoms with Crippen molar-refractivity contribution >= 4 is 5.97 Å². The Hall–Kier alpha value is -4.14. The first-order valence-electron chi connectivity index (χ1n) is 10.6. The molecule has 0 saturated heterocycles. The van der Waals surface area contributed by atoms with Gasteiger partial charge in [-0.1, -0.05) is 30.3 Å². The SMILES string of the molecule is COC(=O)C[C@H](c1cn[nH]c1-c1ccccc1)c1c(O)cc(C)n(CCc2cnc[nH]2)c1=O. The largest absolute Gasteiger partial charge is 0.507 e. The molecule has 9 heteroatoms. The number of aromatic nitrogens is 5. The summed E-state index contributed by atoms with van der Waals surface area (Å²) in [7, 11) is 1.30. The molecule has 1 atom stereocenters. The van der Waals surface area contributed by atoms with Gasteiger partial charge >= 0.3 is 5.97 Å². The van der Waals surface area contributed by atoms with Gasteiger partial charge in [-0.25, -0.2) is 4.98 Å². The predicted molar refractivity (Wildman–Crippen MR) is 122 cm³/mol. The molecule has 0 amide bonds. The van der Waals surface area contributed by atoms with Gasteiger partial charge in [-0.05, 0) is 18.6 Å². The van der Waals surface area contributed by atoms with Gasteiger partial charge in [-0.2, -0.15) is 5.10 Å². The number of methoxy groups -OCH3 is 1. The topological polar surface area (TPSA) is 126 Å². The molecular weight excluding hydrogens is 422 g/mol. The Morgan fingerprint density at radius 3 is 2.73 bits per heavy atom. The standard InChI is InChI=1S/C24H25N5O4/c1-15-10-20(30)22(24(32)29(15)9-8-17-12-25-14-26-17)18(11-21(31)33-2)19-13-27-28-23(19)16-6-4-3-5-7-16/h3-7,10,12-14,18,30H,8-9,11H2,1-2H3,(H,25,26)(H,27,28)/t18-/m1/s1. The van der Waals surface area contributed by atoms with Gasteiger partial charge in [0, 0.05) is 42.0 Å². The first kappa shape index (κ1) is 22.1. The maximum absolute atomic E-state index is 13.6. The molecule has 0 saturated carbocycles. The van der Waals surface area contributed by atoms with Gasteiger partial charge in [0.05, 0.1) is 37.3 Å².